The minimum atomic E-state index is -0.0717. The lowest BCUT2D eigenvalue weighted by molar-refractivity contribution is 0.535. The highest BCUT2D eigenvalue weighted by Crippen LogP contribution is 2.49. The average molecular weight is 595 g/mol. The molecule has 0 unspecified atom stereocenters. The van der Waals surface area contributed by atoms with Crippen molar-refractivity contribution < 1.29 is 0 Å². The quantitative estimate of drug-likeness (QED) is 0.178. The van der Waals surface area contributed by atoms with Crippen LogP contribution >= 0.6 is 0 Å². The zero-order chi connectivity index (χ0) is 32.1. The molecule has 0 spiro atoms. The van der Waals surface area contributed by atoms with Gasteiger partial charge in [-0.3, -0.25) is 0 Å². The van der Waals surface area contributed by atoms with E-state index in [1.165, 1.54) is 77.2 Å². The standard InChI is InChI=1S/C46H42/c1-45(2,3)40-30-29-39-41(35-25-21-33(22-26-35)31-15-9-7-10-16-31)37-19-13-14-20-38(37)42(43(39)44(40)46(4,5)6)36-27-23-34(24-28-36)32-17-11-8-12-18-32/h7-30H,1-6H3. The number of hydrogen-bond acceptors (Lipinski definition) is 0. The molecule has 0 N–H and O–H groups in total. The van der Waals surface area contributed by atoms with Crippen molar-refractivity contribution >= 4 is 21.5 Å². The maximum absolute atomic E-state index is 2.40. The van der Waals surface area contributed by atoms with Gasteiger partial charge in [-0.05, 0) is 88.0 Å². The van der Waals surface area contributed by atoms with E-state index in [9.17, 15) is 0 Å². The van der Waals surface area contributed by atoms with E-state index in [0.717, 1.165) is 0 Å². The van der Waals surface area contributed by atoms with Gasteiger partial charge in [0.05, 0.1) is 0 Å². The molecular formula is C46H42. The average Bonchev–Trinajstić information content (AvgIpc) is 3.07. The van der Waals surface area contributed by atoms with Crippen LogP contribution in [0.15, 0.2) is 146 Å². The Labute approximate surface area is 274 Å². The molecule has 0 amide bonds. The van der Waals surface area contributed by atoms with Gasteiger partial charge in [-0.1, -0.05) is 187 Å². The molecule has 7 aromatic carbocycles. The van der Waals surface area contributed by atoms with Crippen LogP contribution in [-0.2, 0) is 10.8 Å². The second kappa shape index (κ2) is 11.5. The molecular weight excluding hydrogens is 553 g/mol. The van der Waals surface area contributed by atoms with Crippen LogP contribution in [0.1, 0.15) is 52.7 Å². The molecule has 7 aromatic rings. The Morgan fingerprint density at radius 1 is 0.304 bits per heavy atom. The SMILES string of the molecule is CC(C)(C)c1ccc2c(-c3ccc(-c4ccccc4)cc3)c3ccccc3c(-c3ccc(-c4ccccc4)cc3)c2c1C(C)(C)C. The molecule has 0 atom stereocenters. The van der Waals surface area contributed by atoms with Gasteiger partial charge in [-0.15, -0.1) is 0 Å². The summed E-state index contributed by atoms with van der Waals surface area (Å²) in [6, 6.07) is 53.5. The van der Waals surface area contributed by atoms with Crippen molar-refractivity contribution in [2.45, 2.75) is 52.4 Å². The fourth-order valence-corrected chi connectivity index (χ4v) is 7.20. The first-order chi connectivity index (χ1) is 22.1. The molecule has 0 fully saturated rings. The molecule has 7 rings (SSSR count). The Bertz CT molecular complexity index is 2150. The van der Waals surface area contributed by atoms with Crippen LogP contribution in [0.2, 0.25) is 0 Å². The molecule has 0 bridgehead atoms. The Hall–Kier alpha value is -4.94. The van der Waals surface area contributed by atoms with E-state index in [2.05, 4.69) is 187 Å². The van der Waals surface area contributed by atoms with E-state index in [1.54, 1.807) is 0 Å². The minimum absolute atomic E-state index is 0.00558. The molecule has 0 heteroatoms. The highest BCUT2D eigenvalue weighted by molar-refractivity contribution is 6.22. The van der Waals surface area contributed by atoms with Gasteiger partial charge in [0.15, 0.2) is 0 Å². The summed E-state index contributed by atoms with van der Waals surface area (Å²) in [5.74, 6) is 0. The van der Waals surface area contributed by atoms with E-state index in [1.807, 2.05) is 0 Å². The molecule has 0 radical (unpaired) electrons. The van der Waals surface area contributed by atoms with E-state index in [4.69, 9.17) is 0 Å². The summed E-state index contributed by atoms with van der Waals surface area (Å²) in [5.41, 5.74) is 12.9. The van der Waals surface area contributed by atoms with Crippen molar-refractivity contribution in [3.63, 3.8) is 0 Å². The van der Waals surface area contributed by atoms with Crippen molar-refractivity contribution in [2.24, 2.45) is 0 Å². The normalized spacial score (nSPS) is 12.1. The first-order valence-corrected chi connectivity index (χ1v) is 16.5. The van der Waals surface area contributed by atoms with E-state index < -0.39 is 0 Å². The number of rotatable bonds is 4. The van der Waals surface area contributed by atoms with Gasteiger partial charge in [0, 0.05) is 0 Å². The number of benzene rings is 7. The van der Waals surface area contributed by atoms with Gasteiger partial charge in [0.25, 0.3) is 0 Å². The monoisotopic (exact) mass is 594 g/mol. The van der Waals surface area contributed by atoms with Crippen molar-refractivity contribution in [1.29, 1.82) is 0 Å². The van der Waals surface area contributed by atoms with Gasteiger partial charge in [0.2, 0.25) is 0 Å². The van der Waals surface area contributed by atoms with Crippen molar-refractivity contribution in [3.05, 3.63) is 157 Å². The first kappa shape index (κ1) is 29.8. The lowest BCUT2D eigenvalue weighted by Crippen LogP contribution is -2.22. The summed E-state index contributed by atoms with van der Waals surface area (Å²) < 4.78 is 0. The largest absolute Gasteiger partial charge is 0.0622 e. The molecule has 0 saturated carbocycles. The molecule has 0 aliphatic carbocycles. The van der Waals surface area contributed by atoms with E-state index in [-0.39, 0.29) is 10.8 Å². The topological polar surface area (TPSA) is 0 Å². The summed E-state index contributed by atoms with van der Waals surface area (Å²) >= 11 is 0. The molecule has 0 saturated heterocycles. The lowest BCUT2D eigenvalue weighted by Gasteiger charge is -2.33. The molecule has 0 aliphatic rings. The fraction of sp³-hybridized carbons (Fsp3) is 0.174. The second-order valence-corrected chi connectivity index (χ2v) is 14.6. The fourth-order valence-electron chi connectivity index (χ4n) is 7.20. The smallest absolute Gasteiger partial charge is 0.00233 e. The van der Waals surface area contributed by atoms with Crippen LogP contribution in [0.5, 0.6) is 0 Å². The highest BCUT2D eigenvalue weighted by Gasteiger charge is 2.30. The van der Waals surface area contributed by atoms with Crippen LogP contribution in [0.3, 0.4) is 0 Å². The lowest BCUT2D eigenvalue weighted by atomic mass is 9.70. The maximum atomic E-state index is 2.40. The molecule has 226 valence electrons. The van der Waals surface area contributed by atoms with Crippen molar-refractivity contribution in [2.75, 3.05) is 0 Å². The van der Waals surface area contributed by atoms with E-state index >= 15 is 0 Å². The predicted molar refractivity (Wildman–Crippen MR) is 201 cm³/mol. The molecule has 0 nitrogen and oxygen atoms in total. The second-order valence-electron chi connectivity index (χ2n) is 14.6. The first-order valence-electron chi connectivity index (χ1n) is 16.5. The molecule has 0 aromatic heterocycles. The summed E-state index contributed by atoms with van der Waals surface area (Å²) in [6.45, 7) is 14.2. The zero-order valence-electron chi connectivity index (χ0n) is 27.9. The minimum Gasteiger partial charge on any atom is -0.0622 e. The van der Waals surface area contributed by atoms with Crippen LogP contribution in [0.25, 0.3) is 66.1 Å². The Morgan fingerprint density at radius 3 is 1.15 bits per heavy atom. The van der Waals surface area contributed by atoms with Crippen molar-refractivity contribution in [3.8, 4) is 44.5 Å². The molecule has 46 heavy (non-hydrogen) atoms. The van der Waals surface area contributed by atoms with Crippen LogP contribution < -0.4 is 0 Å². The Morgan fingerprint density at radius 2 is 0.696 bits per heavy atom. The summed E-state index contributed by atoms with van der Waals surface area (Å²) in [7, 11) is 0. The molecule has 0 heterocycles. The Balaban J connectivity index is 1.58. The van der Waals surface area contributed by atoms with Gasteiger partial charge >= 0.3 is 0 Å². The number of hydrogen-bond donors (Lipinski definition) is 0. The summed E-state index contributed by atoms with van der Waals surface area (Å²) in [6.07, 6.45) is 0. The third kappa shape index (κ3) is 5.33. The molecule has 0 aliphatic heterocycles. The van der Waals surface area contributed by atoms with E-state index in [0.29, 0.717) is 0 Å². The third-order valence-electron chi connectivity index (χ3n) is 9.31. The van der Waals surface area contributed by atoms with Gasteiger partial charge in [-0.25, -0.2) is 0 Å². The van der Waals surface area contributed by atoms with Gasteiger partial charge in [0.1, 0.15) is 0 Å². The third-order valence-corrected chi connectivity index (χ3v) is 9.31. The van der Waals surface area contributed by atoms with Gasteiger partial charge < -0.3 is 0 Å². The van der Waals surface area contributed by atoms with Crippen LogP contribution in [-0.4, -0.2) is 0 Å². The van der Waals surface area contributed by atoms with Crippen molar-refractivity contribution in [1.82, 2.24) is 0 Å². The predicted octanol–water partition coefficient (Wildman–Crippen LogP) is 13.3. The number of fused-ring (bicyclic) bond motifs is 2. The summed E-state index contributed by atoms with van der Waals surface area (Å²) in [5, 5.41) is 5.26. The zero-order valence-corrected chi connectivity index (χ0v) is 27.9. The van der Waals surface area contributed by atoms with Crippen LogP contribution in [0, 0.1) is 0 Å². The Kier molecular flexibility index (Phi) is 7.41. The highest BCUT2D eigenvalue weighted by atomic mass is 14.3. The van der Waals surface area contributed by atoms with Crippen LogP contribution in [0.4, 0.5) is 0 Å². The van der Waals surface area contributed by atoms with Gasteiger partial charge in [-0.2, -0.15) is 0 Å². The summed E-state index contributed by atoms with van der Waals surface area (Å²) in [4.78, 5) is 0. The maximum Gasteiger partial charge on any atom is -0.00233 e.